The van der Waals surface area contributed by atoms with E-state index in [1.54, 1.807) is 0 Å². The summed E-state index contributed by atoms with van der Waals surface area (Å²) in [5.74, 6) is 0. The number of nitrogens with one attached hydrogen (secondary N) is 2. The van der Waals surface area contributed by atoms with E-state index in [9.17, 15) is 0 Å². The molecule has 1 aromatic carbocycles. The number of hydrogen-bond acceptors (Lipinski definition) is 3. The zero-order valence-corrected chi connectivity index (χ0v) is 11.7. The molecule has 4 heteroatoms. The van der Waals surface area contributed by atoms with Crippen molar-refractivity contribution in [2.75, 3.05) is 6.54 Å². The highest BCUT2D eigenvalue weighted by Crippen LogP contribution is 2.18. The minimum atomic E-state index is -0.291. The van der Waals surface area contributed by atoms with Gasteiger partial charge in [0.1, 0.15) is 0 Å². The molecule has 102 valence electrons. The summed E-state index contributed by atoms with van der Waals surface area (Å²) < 4.78 is 0. The molecule has 0 saturated carbocycles. The van der Waals surface area contributed by atoms with Crippen LogP contribution in [0.1, 0.15) is 26.3 Å². The second-order valence-electron chi connectivity index (χ2n) is 5.35. The Labute approximate surface area is 113 Å². The fourth-order valence-electron chi connectivity index (χ4n) is 2.10. The quantitative estimate of drug-likeness (QED) is 0.439. The van der Waals surface area contributed by atoms with Crippen LogP contribution in [-0.2, 0) is 6.42 Å². The van der Waals surface area contributed by atoms with Crippen LogP contribution in [0.25, 0.3) is 10.9 Å². The first kappa shape index (κ1) is 13.6. The molecule has 0 amide bonds. The van der Waals surface area contributed by atoms with E-state index in [-0.39, 0.29) is 5.54 Å². The van der Waals surface area contributed by atoms with Gasteiger partial charge < -0.3 is 15.5 Å². The van der Waals surface area contributed by atoms with Crippen LogP contribution in [0.4, 0.5) is 0 Å². The van der Waals surface area contributed by atoms with E-state index in [1.807, 2.05) is 26.8 Å². The molecule has 0 aliphatic rings. The standard InChI is InChI=1S/C15H21N3O/c1-11(18-19)15(2,3)17-9-8-12-10-16-14-7-5-4-6-13(12)14/h4-7,10,16-17,19H,8-9H2,1-3H3/b18-11-. The zero-order chi connectivity index (χ0) is 13.9. The van der Waals surface area contributed by atoms with Crippen molar-refractivity contribution >= 4 is 16.6 Å². The van der Waals surface area contributed by atoms with Gasteiger partial charge in [0, 0.05) is 23.6 Å². The maximum absolute atomic E-state index is 8.84. The van der Waals surface area contributed by atoms with E-state index < -0.39 is 0 Å². The number of nitrogens with zero attached hydrogens (tertiary/aromatic N) is 1. The minimum absolute atomic E-state index is 0.291. The maximum atomic E-state index is 8.84. The van der Waals surface area contributed by atoms with Gasteiger partial charge in [-0.05, 0) is 38.8 Å². The van der Waals surface area contributed by atoms with Crippen LogP contribution in [0.15, 0.2) is 35.6 Å². The van der Waals surface area contributed by atoms with Crippen molar-refractivity contribution in [2.24, 2.45) is 5.16 Å². The van der Waals surface area contributed by atoms with Crippen molar-refractivity contribution in [3.05, 3.63) is 36.0 Å². The van der Waals surface area contributed by atoms with Crippen molar-refractivity contribution in [3.8, 4) is 0 Å². The summed E-state index contributed by atoms with van der Waals surface area (Å²) in [6.07, 6.45) is 3.00. The lowest BCUT2D eigenvalue weighted by Gasteiger charge is -2.25. The van der Waals surface area contributed by atoms with E-state index in [2.05, 4.69) is 39.9 Å². The van der Waals surface area contributed by atoms with Crippen LogP contribution in [0.3, 0.4) is 0 Å². The average molecular weight is 259 g/mol. The summed E-state index contributed by atoms with van der Waals surface area (Å²) in [6.45, 7) is 6.68. The lowest BCUT2D eigenvalue weighted by Crippen LogP contribution is -2.46. The molecule has 0 fully saturated rings. The highest BCUT2D eigenvalue weighted by atomic mass is 16.4. The van der Waals surface area contributed by atoms with E-state index in [0.717, 1.165) is 13.0 Å². The Morgan fingerprint density at radius 3 is 2.84 bits per heavy atom. The first-order valence-electron chi connectivity index (χ1n) is 6.54. The van der Waals surface area contributed by atoms with Gasteiger partial charge in [-0.15, -0.1) is 0 Å². The van der Waals surface area contributed by atoms with Gasteiger partial charge in [-0.1, -0.05) is 23.4 Å². The summed E-state index contributed by atoms with van der Waals surface area (Å²) in [6, 6.07) is 8.30. The molecule has 0 bridgehead atoms. The second kappa shape index (κ2) is 5.45. The number of para-hydroxylation sites is 1. The smallest absolute Gasteiger partial charge is 0.0734 e. The molecule has 0 aliphatic heterocycles. The fraction of sp³-hybridized carbons (Fsp3) is 0.400. The Bertz CT molecular complexity index is 584. The number of aromatic nitrogens is 1. The molecule has 0 radical (unpaired) electrons. The molecule has 0 aliphatic carbocycles. The number of oxime groups is 1. The van der Waals surface area contributed by atoms with Crippen molar-refractivity contribution in [2.45, 2.75) is 32.7 Å². The van der Waals surface area contributed by atoms with Crippen molar-refractivity contribution in [1.82, 2.24) is 10.3 Å². The van der Waals surface area contributed by atoms with Gasteiger partial charge in [0.25, 0.3) is 0 Å². The number of rotatable bonds is 5. The molecule has 0 unspecified atom stereocenters. The monoisotopic (exact) mass is 259 g/mol. The first-order chi connectivity index (χ1) is 9.04. The Morgan fingerprint density at radius 1 is 1.37 bits per heavy atom. The summed E-state index contributed by atoms with van der Waals surface area (Å²) in [7, 11) is 0. The number of benzene rings is 1. The van der Waals surface area contributed by atoms with Crippen molar-refractivity contribution in [3.63, 3.8) is 0 Å². The molecular weight excluding hydrogens is 238 g/mol. The third-order valence-electron chi connectivity index (χ3n) is 3.69. The molecule has 0 atom stereocenters. The van der Waals surface area contributed by atoms with E-state index in [1.165, 1.54) is 16.5 Å². The zero-order valence-electron chi connectivity index (χ0n) is 11.7. The van der Waals surface area contributed by atoms with Gasteiger partial charge in [0.05, 0.1) is 11.3 Å². The first-order valence-corrected chi connectivity index (χ1v) is 6.54. The van der Waals surface area contributed by atoms with Gasteiger partial charge >= 0.3 is 0 Å². The highest BCUT2D eigenvalue weighted by Gasteiger charge is 2.21. The molecule has 1 heterocycles. The lowest BCUT2D eigenvalue weighted by molar-refractivity contribution is 0.310. The molecule has 19 heavy (non-hydrogen) atoms. The minimum Gasteiger partial charge on any atom is -0.411 e. The number of aromatic amines is 1. The Kier molecular flexibility index (Phi) is 3.90. The number of fused-ring (bicyclic) bond motifs is 1. The highest BCUT2D eigenvalue weighted by molar-refractivity contribution is 5.90. The lowest BCUT2D eigenvalue weighted by atomic mass is 9.99. The fourth-order valence-corrected chi connectivity index (χ4v) is 2.10. The van der Waals surface area contributed by atoms with Crippen LogP contribution in [0, 0.1) is 0 Å². The molecule has 0 spiro atoms. The molecule has 4 nitrogen and oxygen atoms in total. The predicted molar refractivity (Wildman–Crippen MR) is 79.0 cm³/mol. The van der Waals surface area contributed by atoms with Crippen LogP contribution in [0.5, 0.6) is 0 Å². The Hall–Kier alpha value is -1.81. The SMILES string of the molecule is C/C(=N/O)C(C)(C)NCCc1c[nH]c2ccccc12. The van der Waals surface area contributed by atoms with Crippen molar-refractivity contribution in [1.29, 1.82) is 0 Å². The van der Waals surface area contributed by atoms with Crippen LogP contribution >= 0.6 is 0 Å². The number of H-pyrrole nitrogens is 1. The largest absolute Gasteiger partial charge is 0.411 e. The molecule has 0 saturated heterocycles. The third-order valence-corrected chi connectivity index (χ3v) is 3.69. The van der Waals surface area contributed by atoms with Gasteiger partial charge in [0.2, 0.25) is 0 Å². The Balaban J connectivity index is 2.00. The molecule has 2 aromatic rings. The van der Waals surface area contributed by atoms with Gasteiger partial charge in [-0.2, -0.15) is 0 Å². The average Bonchev–Trinajstić information content (AvgIpc) is 2.81. The summed E-state index contributed by atoms with van der Waals surface area (Å²) in [5.41, 5.74) is 2.87. The van der Waals surface area contributed by atoms with Gasteiger partial charge in [-0.25, -0.2) is 0 Å². The van der Waals surface area contributed by atoms with E-state index >= 15 is 0 Å². The summed E-state index contributed by atoms with van der Waals surface area (Å²) in [4.78, 5) is 3.28. The normalized spacial score (nSPS) is 13.1. The molecular formula is C15H21N3O. The van der Waals surface area contributed by atoms with Crippen molar-refractivity contribution < 1.29 is 5.21 Å². The summed E-state index contributed by atoms with van der Waals surface area (Å²) >= 11 is 0. The van der Waals surface area contributed by atoms with Crippen LogP contribution in [-0.4, -0.2) is 28.0 Å². The third kappa shape index (κ3) is 2.96. The summed E-state index contributed by atoms with van der Waals surface area (Å²) in [5, 5.41) is 16.8. The molecule has 2 rings (SSSR count). The van der Waals surface area contributed by atoms with Gasteiger partial charge in [0.15, 0.2) is 0 Å². The Morgan fingerprint density at radius 2 is 2.11 bits per heavy atom. The van der Waals surface area contributed by atoms with E-state index in [0.29, 0.717) is 5.71 Å². The molecule has 3 N–H and O–H groups in total. The second-order valence-corrected chi connectivity index (χ2v) is 5.35. The molecule has 1 aromatic heterocycles. The number of hydrogen-bond donors (Lipinski definition) is 3. The topological polar surface area (TPSA) is 60.4 Å². The maximum Gasteiger partial charge on any atom is 0.0734 e. The van der Waals surface area contributed by atoms with Crippen LogP contribution in [0.2, 0.25) is 0 Å². The van der Waals surface area contributed by atoms with Crippen LogP contribution < -0.4 is 5.32 Å². The van der Waals surface area contributed by atoms with E-state index in [4.69, 9.17) is 5.21 Å². The van der Waals surface area contributed by atoms with Gasteiger partial charge in [-0.3, -0.25) is 0 Å². The predicted octanol–water partition coefficient (Wildman–Crippen LogP) is 2.93.